The van der Waals surface area contributed by atoms with Gasteiger partial charge in [-0.15, -0.1) is 0 Å². The van der Waals surface area contributed by atoms with E-state index in [2.05, 4.69) is 39.0 Å². The molecule has 3 aromatic carbocycles. The van der Waals surface area contributed by atoms with Crippen LogP contribution in [0.3, 0.4) is 0 Å². The van der Waals surface area contributed by atoms with Crippen molar-refractivity contribution in [1.82, 2.24) is 4.90 Å². The molecule has 3 aromatic rings. The van der Waals surface area contributed by atoms with Crippen LogP contribution in [0.2, 0.25) is 0 Å². The van der Waals surface area contributed by atoms with Crippen LogP contribution in [0.4, 0.5) is 4.79 Å². The molecule has 230 valence electrons. The van der Waals surface area contributed by atoms with Gasteiger partial charge in [0, 0.05) is 23.1 Å². The second-order valence-electron chi connectivity index (χ2n) is 13.4. The standard InChI is InChI=1S/C39H45NO4/c1-4-23-40-26-39(44-37(40)43)22-20-35-32-19-17-28(24-30(41)18-16-27(2)11-10-21-38(35,39)3)25-34(32)36(42)33-15-9-8-14-31(33)29-12-6-5-7-13-29/h5-9,11-15,17,19,25,30,35,41H,4,10,16,18,20-24,26H2,1-3H3/t30-,35-,38-,39+/m0/s1. The highest BCUT2D eigenvalue weighted by molar-refractivity contribution is 6.13. The molecule has 0 unspecified atom stereocenters. The average molecular weight is 592 g/mol. The quantitative estimate of drug-likeness (QED) is 0.239. The van der Waals surface area contributed by atoms with Crippen LogP contribution in [0.5, 0.6) is 0 Å². The maximum Gasteiger partial charge on any atom is 0.410 e. The molecule has 1 N–H and O–H groups in total. The number of carbonyl (C=O) groups is 2. The summed E-state index contributed by atoms with van der Waals surface area (Å²) in [7, 11) is 0. The number of hydrogen-bond donors (Lipinski definition) is 1. The number of amides is 1. The largest absolute Gasteiger partial charge is 0.440 e. The van der Waals surface area contributed by atoms with E-state index in [-0.39, 0.29) is 23.2 Å². The van der Waals surface area contributed by atoms with Crippen molar-refractivity contribution in [3.05, 3.63) is 107 Å². The zero-order valence-electron chi connectivity index (χ0n) is 26.4. The molecule has 2 fully saturated rings. The molecule has 2 bridgehead atoms. The summed E-state index contributed by atoms with van der Waals surface area (Å²) >= 11 is 0. The average Bonchev–Trinajstić information content (AvgIpc) is 3.50. The van der Waals surface area contributed by atoms with Gasteiger partial charge in [-0.2, -0.15) is 0 Å². The normalized spacial score (nSPS) is 27.1. The number of fused-ring (bicyclic) bond motifs is 8. The van der Waals surface area contributed by atoms with E-state index in [4.69, 9.17) is 4.74 Å². The maximum absolute atomic E-state index is 14.7. The molecule has 0 radical (unpaired) electrons. The summed E-state index contributed by atoms with van der Waals surface area (Å²) < 4.78 is 6.41. The number of aliphatic hydroxyl groups excluding tert-OH is 1. The lowest BCUT2D eigenvalue weighted by molar-refractivity contribution is -0.0373. The number of nitrogens with zero attached hydrogens (tertiary/aromatic N) is 1. The first kappa shape index (κ1) is 30.3. The highest BCUT2D eigenvalue weighted by Gasteiger charge is 2.63. The minimum atomic E-state index is -0.597. The number of ketones is 1. The van der Waals surface area contributed by atoms with Crippen LogP contribution in [0.1, 0.15) is 98.7 Å². The Bertz CT molecular complexity index is 1560. The summed E-state index contributed by atoms with van der Waals surface area (Å²) in [6.45, 7) is 7.83. The van der Waals surface area contributed by atoms with Crippen LogP contribution in [0.15, 0.2) is 84.4 Å². The molecule has 44 heavy (non-hydrogen) atoms. The smallest absolute Gasteiger partial charge is 0.410 e. The molecule has 7 rings (SSSR count). The molecule has 1 heterocycles. The van der Waals surface area contributed by atoms with Gasteiger partial charge in [-0.25, -0.2) is 4.79 Å². The van der Waals surface area contributed by atoms with Gasteiger partial charge in [-0.05, 0) is 92.5 Å². The Morgan fingerprint density at radius 3 is 2.57 bits per heavy atom. The monoisotopic (exact) mass is 591 g/mol. The van der Waals surface area contributed by atoms with Crippen LogP contribution < -0.4 is 0 Å². The van der Waals surface area contributed by atoms with E-state index in [0.29, 0.717) is 37.1 Å². The molecule has 5 heteroatoms. The Hall–Kier alpha value is -3.70. The second kappa shape index (κ2) is 12.4. The predicted octanol–water partition coefficient (Wildman–Crippen LogP) is 8.49. The van der Waals surface area contributed by atoms with E-state index in [0.717, 1.165) is 60.8 Å². The fourth-order valence-electron chi connectivity index (χ4n) is 8.12. The first-order chi connectivity index (χ1) is 21.2. The summed E-state index contributed by atoms with van der Waals surface area (Å²) in [6, 6.07) is 24.2. The third-order valence-electron chi connectivity index (χ3n) is 10.6. The third kappa shape index (κ3) is 5.51. The Morgan fingerprint density at radius 2 is 1.77 bits per heavy atom. The molecular formula is C39H45NO4. The highest BCUT2D eigenvalue weighted by atomic mass is 16.6. The number of hydrogen-bond acceptors (Lipinski definition) is 4. The number of aliphatic hydroxyl groups is 1. The van der Waals surface area contributed by atoms with Crippen LogP contribution in [-0.2, 0) is 11.2 Å². The van der Waals surface area contributed by atoms with Crippen LogP contribution in [0, 0.1) is 5.41 Å². The zero-order chi connectivity index (χ0) is 30.9. The molecule has 1 saturated carbocycles. The second-order valence-corrected chi connectivity index (χ2v) is 13.4. The van der Waals surface area contributed by atoms with E-state index in [9.17, 15) is 14.7 Å². The zero-order valence-corrected chi connectivity index (χ0v) is 26.4. The maximum atomic E-state index is 14.7. The van der Waals surface area contributed by atoms with Crippen molar-refractivity contribution in [2.24, 2.45) is 5.41 Å². The predicted molar refractivity (Wildman–Crippen MR) is 175 cm³/mol. The van der Waals surface area contributed by atoms with Crippen molar-refractivity contribution >= 4 is 11.9 Å². The lowest BCUT2D eigenvalue weighted by atomic mass is 9.64. The van der Waals surface area contributed by atoms with E-state index >= 15 is 0 Å². The summed E-state index contributed by atoms with van der Waals surface area (Å²) in [5.74, 6) is 0.0355. The number of benzene rings is 3. The van der Waals surface area contributed by atoms with Gasteiger partial charge in [0.15, 0.2) is 5.78 Å². The third-order valence-corrected chi connectivity index (χ3v) is 10.6. The Labute approximate surface area is 261 Å². The van der Waals surface area contributed by atoms with Gasteiger partial charge in [0.25, 0.3) is 0 Å². The SMILES string of the molecule is CCCN1C[C@@]2(CC[C@H]3c4ccc(cc4C(=O)c4ccccc4-c4ccccc4)C[C@@H](O)CCC(C)=CCC[C@@]32C)OC1=O. The van der Waals surface area contributed by atoms with Crippen LogP contribution in [-0.4, -0.2) is 46.7 Å². The van der Waals surface area contributed by atoms with Gasteiger partial charge >= 0.3 is 6.09 Å². The topological polar surface area (TPSA) is 66.8 Å². The summed E-state index contributed by atoms with van der Waals surface area (Å²) in [5.41, 5.74) is 5.61. The van der Waals surface area contributed by atoms with E-state index in [1.165, 1.54) is 5.57 Å². The van der Waals surface area contributed by atoms with Crippen LogP contribution >= 0.6 is 0 Å². The lowest BCUT2D eigenvalue weighted by Gasteiger charge is -2.43. The minimum Gasteiger partial charge on any atom is -0.440 e. The molecule has 1 aliphatic heterocycles. The molecule has 0 aromatic heterocycles. The Kier molecular flexibility index (Phi) is 8.52. The first-order valence-electron chi connectivity index (χ1n) is 16.4. The molecule has 5 nitrogen and oxygen atoms in total. The minimum absolute atomic E-state index is 0.00189. The lowest BCUT2D eigenvalue weighted by Crippen LogP contribution is -2.48. The van der Waals surface area contributed by atoms with Crippen molar-refractivity contribution in [3.63, 3.8) is 0 Å². The van der Waals surface area contributed by atoms with Gasteiger partial charge in [0.2, 0.25) is 0 Å². The van der Waals surface area contributed by atoms with Crippen molar-refractivity contribution in [1.29, 1.82) is 0 Å². The van der Waals surface area contributed by atoms with E-state index < -0.39 is 11.7 Å². The molecule has 4 atom stereocenters. The fraction of sp³-hybridized carbons (Fsp3) is 0.436. The van der Waals surface area contributed by atoms with Gasteiger partial charge in [0.1, 0.15) is 5.60 Å². The Morgan fingerprint density at radius 1 is 1.00 bits per heavy atom. The van der Waals surface area contributed by atoms with E-state index in [1.807, 2.05) is 65.6 Å². The van der Waals surface area contributed by atoms with Gasteiger partial charge in [-0.1, -0.05) is 92.2 Å². The van der Waals surface area contributed by atoms with E-state index in [1.54, 1.807) is 0 Å². The summed E-state index contributed by atoms with van der Waals surface area (Å²) in [4.78, 5) is 29.8. The number of ether oxygens (including phenoxy) is 1. The molecule has 4 aliphatic rings. The molecule has 1 spiro atoms. The first-order valence-corrected chi connectivity index (χ1v) is 16.4. The van der Waals surface area contributed by atoms with Gasteiger partial charge < -0.3 is 14.7 Å². The fourth-order valence-corrected chi connectivity index (χ4v) is 8.12. The molecule has 1 amide bonds. The Balaban J connectivity index is 1.49. The number of allylic oxidation sites excluding steroid dienone is 2. The highest BCUT2D eigenvalue weighted by Crippen LogP contribution is 2.61. The van der Waals surface area contributed by atoms with Crippen molar-refractivity contribution in [3.8, 4) is 11.1 Å². The van der Waals surface area contributed by atoms with Gasteiger partial charge in [-0.3, -0.25) is 4.79 Å². The number of carbonyl (C=O) groups excluding carboxylic acids is 2. The molecule has 1 saturated heterocycles. The molecular weight excluding hydrogens is 546 g/mol. The van der Waals surface area contributed by atoms with Crippen molar-refractivity contribution < 1.29 is 19.4 Å². The van der Waals surface area contributed by atoms with Gasteiger partial charge in [0.05, 0.1) is 12.6 Å². The van der Waals surface area contributed by atoms with Crippen molar-refractivity contribution in [2.75, 3.05) is 13.1 Å². The van der Waals surface area contributed by atoms with Crippen molar-refractivity contribution in [2.45, 2.75) is 89.8 Å². The summed E-state index contributed by atoms with van der Waals surface area (Å²) in [6.07, 6.45) is 7.85. The molecule has 3 aliphatic carbocycles. The van der Waals surface area contributed by atoms with Crippen LogP contribution in [0.25, 0.3) is 11.1 Å². The number of rotatable bonds is 5. The summed E-state index contributed by atoms with van der Waals surface area (Å²) in [5, 5.41) is 11.0.